The molecule has 1 aromatic carbocycles. The summed E-state index contributed by atoms with van der Waals surface area (Å²) in [6.45, 7) is 1.85. The van der Waals surface area contributed by atoms with Crippen molar-refractivity contribution < 1.29 is 14.0 Å². The van der Waals surface area contributed by atoms with Crippen LogP contribution in [0.5, 0.6) is 0 Å². The topological polar surface area (TPSA) is 72.2 Å². The fraction of sp³-hybridized carbons (Fsp3) is 0.273. The van der Waals surface area contributed by atoms with E-state index >= 15 is 0 Å². The van der Waals surface area contributed by atoms with Gasteiger partial charge in [-0.3, -0.25) is 9.59 Å². The van der Waals surface area contributed by atoms with Crippen LogP contribution in [0.3, 0.4) is 0 Å². The standard InChI is InChI=1S/C11H13FN2O2/c1-7-2-3-8(9(12)6-7)11(16)14-5-4-10(13)15/h2-3,6H,4-5H2,1H3,(H2,13,15)(H,14,16). The number of nitrogens with one attached hydrogen (secondary N) is 1. The van der Waals surface area contributed by atoms with Crippen LogP contribution in [-0.2, 0) is 4.79 Å². The zero-order valence-electron chi connectivity index (χ0n) is 8.92. The molecule has 0 unspecified atom stereocenters. The zero-order chi connectivity index (χ0) is 12.1. The lowest BCUT2D eigenvalue weighted by molar-refractivity contribution is -0.117. The molecule has 0 radical (unpaired) electrons. The molecule has 16 heavy (non-hydrogen) atoms. The van der Waals surface area contributed by atoms with Crippen LogP contribution in [0.15, 0.2) is 18.2 Å². The molecule has 0 aliphatic carbocycles. The van der Waals surface area contributed by atoms with Gasteiger partial charge < -0.3 is 11.1 Å². The van der Waals surface area contributed by atoms with Crippen molar-refractivity contribution in [1.82, 2.24) is 5.32 Å². The number of hydrogen-bond acceptors (Lipinski definition) is 2. The fourth-order valence-corrected chi connectivity index (χ4v) is 1.20. The van der Waals surface area contributed by atoms with Crippen molar-refractivity contribution in [2.45, 2.75) is 13.3 Å². The molecule has 0 saturated carbocycles. The third kappa shape index (κ3) is 3.34. The van der Waals surface area contributed by atoms with E-state index in [0.717, 1.165) is 5.56 Å². The fourth-order valence-electron chi connectivity index (χ4n) is 1.20. The van der Waals surface area contributed by atoms with Crippen LogP contribution in [0.2, 0.25) is 0 Å². The Balaban J connectivity index is 2.63. The van der Waals surface area contributed by atoms with Crippen LogP contribution in [0.1, 0.15) is 22.3 Å². The highest BCUT2D eigenvalue weighted by atomic mass is 19.1. The van der Waals surface area contributed by atoms with E-state index in [-0.39, 0.29) is 18.5 Å². The monoisotopic (exact) mass is 224 g/mol. The van der Waals surface area contributed by atoms with Gasteiger partial charge in [-0.05, 0) is 24.6 Å². The van der Waals surface area contributed by atoms with Gasteiger partial charge in [0.2, 0.25) is 5.91 Å². The average Bonchev–Trinajstić information content (AvgIpc) is 2.16. The Morgan fingerprint density at radius 2 is 2.12 bits per heavy atom. The van der Waals surface area contributed by atoms with E-state index in [9.17, 15) is 14.0 Å². The number of halogens is 1. The molecule has 0 aromatic heterocycles. The van der Waals surface area contributed by atoms with Gasteiger partial charge in [0, 0.05) is 13.0 Å². The summed E-state index contributed by atoms with van der Waals surface area (Å²) in [5.74, 6) is -1.62. The molecule has 3 N–H and O–H groups in total. The molecule has 1 aromatic rings. The molecule has 2 amide bonds. The quantitative estimate of drug-likeness (QED) is 0.791. The number of carbonyl (C=O) groups is 2. The Labute approximate surface area is 92.6 Å². The Morgan fingerprint density at radius 3 is 2.69 bits per heavy atom. The minimum atomic E-state index is -0.573. The van der Waals surface area contributed by atoms with E-state index in [1.54, 1.807) is 13.0 Å². The Hall–Kier alpha value is -1.91. The molecule has 0 bridgehead atoms. The lowest BCUT2D eigenvalue weighted by atomic mass is 10.1. The molecule has 0 spiro atoms. The summed E-state index contributed by atoms with van der Waals surface area (Å²) in [5, 5.41) is 2.41. The number of rotatable bonds is 4. The first kappa shape index (κ1) is 12.2. The number of hydrogen-bond donors (Lipinski definition) is 2. The zero-order valence-corrected chi connectivity index (χ0v) is 8.92. The summed E-state index contributed by atoms with van der Waals surface area (Å²) < 4.78 is 13.3. The Morgan fingerprint density at radius 1 is 1.44 bits per heavy atom. The predicted octanol–water partition coefficient (Wildman–Crippen LogP) is 0.739. The Bertz CT molecular complexity index is 418. The first-order chi connectivity index (χ1) is 7.50. The van der Waals surface area contributed by atoms with E-state index in [4.69, 9.17) is 5.73 Å². The minimum Gasteiger partial charge on any atom is -0.370 e. The minimum absolute atomic E-state index is 0.0323. The largest absolute Gasteiger partial charge is 0.370 e. The van der Waals surface area contributed by atoms with Crippen LogP contribution in [-0.4, -0.2) is 18.4 Å². The van der Waals surface area contributed by atoms with E-state index < -0.39 is 17.6 Å². The molecule has 0 heterocycles. The van der Waals surface area contributed by atoms with Gasteiger partial charge in [-0.25, -0.2) is 4.39 Å². The molecule has 5 heteroatoms. The average molecular weight is 224 g/mol. The van der Waals surface area contributed by atoms with Crippen molar-refractivity contribution in [1.29, 1.82) is 0 Å². The molecule has 0 atom stereocenters. The number of aryl methyl sites for hydroxylation is 1. The summed E-state index contributed by atoms with van der Waals surface area (Å²) in [7, 11) is 0. The maximum absolute atomic E-state index is 13.3. The highest BCUT2D eigenvalue weighted by Gasteiger charge is 2.10. The number of primary amides is 1. The molecule has 1 rings (SSSR count). The number of amides is 2. The summed E-state index contributed by atoms with van der Waals surface area (Å²) in [6.07, 6.45) is 0.0409. The first-order valence-corrected chi connectivity index (χ1v) is 4.83. The maximum Gasteiger partial charge on any atom is 0.254 e. The van der Waals surface area contributed by atoms with Crippen molar-refractivity contribution in [2.75, 3.05) is 6.54 Å². The SMILES string of the molecule is Cc1ccc(C(=O)NCCC(N)=O)c(F)c1. The van der Waals surface area contributed by atoms with Crippen molar-refractivity contribution in [3.63, 3.8) is 0 Å². The van der Waals surface area contributed by atoms with E-state index in [1.165, 1.54) is 12.1 Å². The van der Waals surface area contributed by atoms with Crippen molar-refractivity contribution in [3.05, 3.63) is 35.1 Å². The smallest absolute Gasteiger partial charge is 0.254 e. The molecular weight excluding hydrogens is 211 g/mol. The van der Waals surface area contributed by atoms with Crippen molar-refractivity contribution in [2.24, 2.45) is 5.73 Å². The summed E-state index contributed by atoms with van der Waals surface area (Å²) in [4.78, 5) is 21.9. The molecule has 0 aliphatic heterocycles. The lowest BCUT2D eigenvalue weighted by Gasteiger charge is -2.05. The molecule has 0 fully saturated rings. The molecule has 4 nitrogen and oxygen atoms in total. The van der Waals surface area contributed by atoms with Gasteiger partial charge in [0.1, 0.15) is 5.82 Å². The second kappa shape index (κ2) is 5.25. The predicted molar refractivity (Wildman–Crippen MR) is 57.3 cm³/mol. The highest BCUT2D eigenvalue weighted by molar-refractivity contribution is 5.94. The van der Waals surface area contributed by atoms with Gasteiger partial charge >= 0.3 is 0 Å². The van der Waals surface area contributed by atoms with Gasteiger partial charge in [-0.15, -0.1) is 0 Å². The van der Waals surface area contributed by atoms with Gasteiger partial charge in [-0.1, -0.05) is 6.07 Å². The van der Waals surface area contributed by atoms with Gasteiger partial charge in [-0.2, -0.15) is 0 Å². The van der Waals surface area contributed by atoms with Crippen LogP contribution in [0.25, 0.3) is 0 Å². The van der Waals surface area contributed by atoms with Crippen molar-refractivity contribution in [3.8, 4) is 0 Å². The molecular formula is C11H13FN2O2. The summed E-state index contributed by atoms with van der Waals surface area (Å²) in [5.41, 5.74) is 5.61. The highest BCUT2D eigenvalue weighted by Crippen LogP contribution is 2.09. The van der Waals surface area contributed by atoms with E-state index in [0.29, 0.717) is 0 Å². The van der Waals surface area contributed by atoms with Crippen LogP contribution < -0.4 is 11.1 Å². The molecule has 0 saturated heterocycles. The van der Waals surface area contributed by atoms with E-state index in [1.807, 2.05) is 0 Å². The van der Waals surface area contributed by atoms with Gasteiger partial charge in [0.25, 0.3) is 5.91 Å². The normalized spacial score (nSPS) is 9.88. The van der Waals surface area contributed by atoms with Gasteiger partial charge in [0.15, 0.2) is 0 Å². The lowest BCUT2D eigenvalue weighted by Crippen LogP contribution is -2.28. The molecule has 86 valence electrons. The second-order valence-corrected chi connectivity index (χ2v) is 3.46. The van der Waals surface area contributed by atoms with Crippen molar-refractivity contribution >= 4 is 11.8 Å². The summed E-state index contributed by atoms with van der Waals surface area (Å²) in [6, 6.07) is 4.33. The number of nitrogens with two attached hydrogens (primary N) is 1. The second-order valence-electron chi connectivity index (χ2n) is 3.46. The van der Waals surface area contributed by atoms with Gasteiger partial charge in [0.05, 0.1) is 5.56 Å². The van der Waals surface area contributed by atoms with Crippen LogP contribution in [0, 0.1) is 12.7 Å². The summed E-state index contributed by atoms with van der Waals surface area (Å²) >= 11 is 0. The third-order valence-electron chi connectivity index (χ3n) is 2.03. The Kier molecular flexibility index (Phi) is 3.99. The number of benzene rings is 1. The molecule has 0 aliphatic rings. The number of carbonyl (C=O) groups excluding carboxylic acids is 2. The van der Waals surface area contributed by atoms with Crippen LogP contribution >= 0.6 is 0 Å². The first-order valence-electron chi connectivity index (χ1n) is 4.83. The third-order valence-corrected chi connectivity index (χ3v) is 2.03. The maximum atomic E-state index is 13.3. The van der Waals surface area contributed by atoms with E-state index in [2.05, 4.69) is 5.32 Å². The van der Waals surface area contributed by atoms with Crippen LogP contribution in [0.4, 0.5) is 4.39 Å².